The Hall–Kier alpha value is -3.58. The summed E-state index contributed by atoms with van der Waals surface area (Å²) in [7, 11) is 1.63. The van der Waals surface area contributed by atoms with E-state index >= 15 is 0 Å². The van der Waals surface area contributed by atoms with Gasteiger partial charge in [-0.1, -0.05) is 47.7 Å². The Bertz CT molecular complexity index is 1220. The van der Waals surface area contributed by atoms with Crippen LogP contribution in [-0.4, -0.2) is 31.2 Å². The number of methoxy groups -OCH3 is 1. The number of nitrogens with zero attached hydrogens (tertiary/aromatic N) is 2. The summed E-state index contributed by atoms with van der Waals surface area (Å²) in [6.45, 7) is 4.85. The lowest BCUT2D eigenvalue weighted by molar-refractivity contribution is -0.120. The van der Waals surface area contributed by atoms with Gasteiger partial charge in [-0.2, -0.15) is 0 Å². The van der Waals surface area contributed by atoms with Gasteiger partial charge in [0.1, 0.15) is 22.8 Å². The van der Waals surface area contributed by atoms with Crippen molar-refractivity contribution >= 4 is 32.6 Å². The molecule has 1 aromatic heterocycles. The van der Waals surface area contributed by atoms with Crippen LogP contribution in [0.25, 0.3) is 10.2 Å². The molecule has 0 aliphatic carbocycles. The Morgan fingerprint density at radius 1 is 0.970 bits per heavy atom. The molecular formula is C26H26N2O4S. The van der Waals surface area contributed by atoms with E-state index in [2.05, 4.69) is 0 Å². The van der Waals surface area contributed by atoms with Gasteiger partial charge in [-0.05, 0) is 55.3 Å². The van der Waals surface area contributed by atoms with Gasteiger partial charge in [0.05, 0.1) is 25.0 Å². The molecule has 0 bridgehead atoms. The molecule has 170 valence electrons. The van der Waals surface area contributed by atoms with E-state index in [1.807, 2.05) is 68.4 Å². The molecule has 4 aromatic rings. The zero-order valence-electron chi connectivity index (χ0n) is 18.9. The van der Waals surface area contributed by atoms with E-state index in [0.717, 1.165) is 27.1 Å². The molecule has 0 saturated heterocycles. The molecule has 0 fully saturated rings. The van der Waals surface area contributed by atoms with Gasteiger partial charge in [-0.15, -0.1) is 0 Å². The number of hydrogen-bond acceptors (Lipinski definition) is 6. The maximum atomic E-state index is 13.3. The van der Waals surface area contributed by atoms with Crippen LogP contribution in [0.5, 0.6) is 17.2 Å². The number of rotatable bonds is 9. The van der Waals surface area contributed by atoms with Crippen LogP contribution in [-0.2, 0) is 11.3 Å². The summed E-state index contributed by atoms with van der Waals surface area (Å²) in [4.78, 5) is 19.8. The molecule has 0 aliphatic rings. The van der Waals surface area contributed by atoms with Crippen LogP contribution in [0.4, 0.5) is 5.13 Å². The first-order valence-electron chi connectivity index (χ1n) is 10.7. The van der Waals surface area contributed by atoms with Gasteiger partial charge in [-0.25, -0.2) is 4.98 Å². The number of thiazole rings is 1. The summed E-state index contributed by atoms with van der Waals surface area (Å²) in [5.41, 5.74) is 2.86. The number of fused-ring (bicyclic) bond motifs is 1. The number of hydrogen-bond donors (Lipinski definition) is 0. The van der Waals surface area contributed by atoms with E-state index in [1.165, 1.54) is 11.3 Å². The molecule has 0 spiro atoms. The molecule has 1 heterocycles. The SMILES string of the molecule is CCOc1ccc(OCC(=O)N(Cc2ccccc2)c2nc3c(OC)ccc(C)c3s2)cc1. The molecule has 4 rings (SSSR count). The molecule has 0 aliphatic heterocycles. The molecule has 3 aromatic carbocycles. The number of amides is 1. The smallest absolute Gasteiger partial charge is 0.267 e. The third kappa shape index (κ3) is 5.26. The lowest BCUT2D eigenvalue weighted by atomic mass is 10.2. The van der Waals surface area contributed by atoms with Crippen molar-refractivity contribution < 1.29 is 19.0 Å². The zero-order valence-corrected chi connectivity index (χ0v) is 19.7. The van der Waals surface area contributed by atoms with Crippen molar-refractivity contribution in [1.29, 1.82) is 0 Å². The third-order valence-electron chi connectivity index (χ3n) is 5.12. The summed E-state index contributed by atoms with van der Waals surface area (Å²) in [5, 5.41) is 0.613. The lowest BCUT2D eigenvalue weighted by Crippen LogP contribution is -2.34. The highest BCUT2D eigenvalue weighted by Crippen LogP contribution is 2.37. The lowest BCUT2D eigenvalue weighted by Gasteiger charge is -2.20. The Labute approximate surface area is 197 Å². The van der Waals surface area contributed by atoms with E-state index < -0.39 is 0 Å². The fourth-order valence-corrected chi connectivity index (χ4v) is 4.50. The Kier molecular flexibility index (Phi) is 7.10. The predicted octanol–water partition coefficient (Wildman–Crippen LogP) is 5.62. The average Bonchev–Trinajstić information content (AvgIpc) is 3.29. The van der Waals surface area contributed by atoms with Gasteiger partial charge >= 0.3 is 0 Å². The number of benzene rings is 3. The Morgan fingerprint density at radius 3 is 2.33 bits per heavy atom. The maximum Gasteiger partial charge on any atom is 0.267 e. The van der Waals surface area contributed by atoms with Crippen molar-refractivity contribution in [1.82, 2.24) is 4.98 Å². The second kappa shape index (κ2) is 10.4. The van der Waals surface area contributed by atoms with Crippen molar-refractivity contribution in [3.8, 4) is 17.2 Å². The fraction of sp³-hybridized carbons (Fsp3) is 0.231. The summed E-state index contributed by atoms with van der Waals surface area (Å²) in [5.74, 6) is 1.88. The average molecular weight is 463 g/mol. The molecule has 1 amide bonds. The predicted molar refractivity (Wildman–Crippen MR) is 132 cm³/mol. The van der Waals surface area contributed by atoms with Crippen molar-refractivity contribution in [3.63, 3.8) is 0 Å². The van der Waals surface area contributed by atoms with Crippen LogP contribution in [0.2, 0.25) is 0 Å². The molecule has 6 nitrogen and oxygen atoms in total. The van der Waals surface area contributed by atoms with E-state index in [1.54, 1.807) is 24.1 Å². The molecule has 33 heavy (non-hydrogen) atoms. The minimum atomic E-state index is -0.177. The fourth-order valence-electron chi connectivity index (χ4n) is 3.43. The quantitative estimate of drug-likeness (QED) is 0.323. The Balaban J connectivity index is 1.60. The van der Waals surface area contributed by atoms with Crippen LogP contribution in [0.1, 0.15) is 18.1 Å². The number of aryl methyl sites for hydroxylation is 1. The topological polar surface area (TPSA) is 60.9 Å². The van der Waals surface area contributed by atoms with E-state index in [0.29, 0.717) is 29.8 Å². The van der Waals surface area contributed by atoms with Crippen LogP contribution in [0.15, 0.2) is 66.7 Å². The van der Waals surface area contributed by atoms with Crippen LogP contribution >= 0.6 is 11.3 Å². The first-order chi connectivity index (χ1) is 16.1. The van der Waals surface area contributed by atoms with Gasteiger partial charge in [0.25, 0.3) is 5.91 Å². The second-order valence-corrected chi connectivity index (χ2v) is 8.39. The number of ether oxygens (including phenoxy) is 3. The largest absolute Gasteiger partial charge is 0.494 e. The van der Waals surface area contributed by atoms with Gasteiger partial charge < -0.3 is 14.2 Å². The monoisotopic (exact) mass is 462 g/mol. The second-order valence-electron chi connectivity index (χ2n) is 7.42. The third-order valence-corrected chi connectivity index (χ3v) is 6.34. The summed E-state index contributed by atoms with van der Waals surface area (Å²) in [6.07, 6.45) is 0. The molecular weight excluding hydrogens is 436 g/mol. The number of carbonyl (C=O) groups excluding carboxylic acids is 1. The van der Waals surface area contributed by atoms with Crippen LogP contribution in [0.3, 0.4) is 0 Å². The molecule has 0 atom stereocenters. The van der Waals surface area contributed by atoms with Gasteiger partial charge in [0.2, 0.25) is 0 Å². The normalized spacial score (nSPS) is 10.8. The van der Waals surface area contributed by atoms with Crippen molar-refractivity contribution in [2.75, 3.05) is 25.2 Å². The Morgan fingerprint density at radius 2 is 1.67 bits per heavy atom. The molecule has 0 N–H and O–H groups in total. The van der Waals surface area contributed by atoms with Gasteiger partial charge in [-0.3, -0.25) is 9.69 Å². The minimum absolute atomic E-state index is 0.104. The molecule has 7 heteroatoms. The van der Waals surface area contributed by atoms with Crippen LogP contribution in [0, 0.1) is 6.92 Å². The summed E-state index contributed by atoms with van der Waals surface area (Å²) >= 11 is 1.48. The summed E-state index contributed by atoms with van der Waals surface area (Å²) < 4.78 is 17.7. The number of aromatic nitrogens is 1. The first-order valence-corrected chi connectivity index (χ1v) is 11.5. The van der Waals surface area contributed by atoms with Crippen LogP contribution < -0.4 is 19.1 Å². The molecule has 0 unspecified atom stereocenters. The zero-order chi connectivity index (χ0) is 23.2. The highest BCUT2D eigenvalue weighted by atomic mass is 32.1. The van der Waals surface area contributed by atoms with Crippen molar-refractivity contribution in [3.05, 3.63) is 77.9 Å². The van der Waals surface area contributed by atoms with Crippen molar-refractivity contribution in [2.45, 2.75) is 20.4 Å². The molecule has 0 radical (unpaired) electrons. The highest BCUT2D eigenvalue weighted by Gasteiger charge is 2.22. The van der Waals surface area contributed by atoms with E-state index in [-0.39, 0.29) is 12.5 Å². The maximum absolute atomic E-state index is 13.3. The number of carbonyl (C=O) groups is 1. The van der Waals surface area contributed by atoms with E-state index in [9.17, 15) is 4.79 Å². The first kappa shape index (κ1) is 22.6. The standard InChI is InChI=1S/C26H26N2O4S/c1-4-31-20-11-13-21(14-12-20)32-17-23(29)28(16-19-8-6-5-7-9-19)26-27-24-22(30-3)15-10-18(2)25(24)33-26/h5-15H,4,16-17H2,1-3H3. The van der Waals surface area contributed by atoms with Gasteiger partial charge in [0.15, 0.2) is 11.7 Å². The molecule has 0 saturated carbocycles. The van der Waals surface area contributed by atoms with Crippen molar-refractivity contribution in [2.24, 2.45) is 0 Å². The van der Waals surface area contributed by atoms with Gasteiger partial charge in [0, 0.05) is 0 Å². The summed E-state index contributed by atoms with van der Waals surface area (Å²) in [6, 6.07) is 21.0. The number of anilines is 1. The minimum Gasteiger partial charge on any atom is -0.494 e. The van der Waals surface area contributed by atoms with E-state index in [4.69, 9.17) is 19.2 Å². The highest BCUT2D eigenvalue weighted by molar-refractivity contribution is 7.22.